The summed E-state index contributed by atoms with van der Waals surface area (Å²) in [4.78, 5) is 12.9. The van der Waals surface area contributed by atoms with E-state index in [0.717, 1.165) is 28.8 Å². The molecule has 0 aliphatic carbocycles. The molecule has 2 heterocycles. The lowest BCUT2D eigenvalue weighted by Gasteiger charge is -2.24. The van der Waals surface area contributed by atoms with E-state index in [1.54, 1.807) is 23.9 Å². The van der Waals surface area contributed by atoms with Crippen molar-refractivity contribution in [2.45, 2.75) is 19.1 Å². The Morgan fingerprint density at radius 1 is 1.32 bits per heavy atom. The van der Waals surface area contributed by atoms with E-state index in [-0.39, 0.29) is 5.69 Å². The Morgan fingerprint density at radius 3 is 2.82 bits per heavy atom. The van der Waals surface area contributed by atoms with Crippen LogP contribution in [0.25, 0.3) is 0 Å². The normalized spacial score (nSPS) is 21.6. The van der Waals surface area contributed by atoms with Crippen LogP contribution in [0.5, 0.6) is 5.75 Å². The summed E-state index contributed by atoms with van der Waals surface area (Å²) in [5, 5.41) is 23.8. The Bertz CT molecular complexity index is 931. The van der Waals surface area contributed by atoms with Crippen molar-refractivity contribution >= 4 is 28.3 Å². The highest BCUT2D eigenvalue weighted by Crippen LogP contribution is 2.38. The third kappa shape index (κ3) is 3.22. The van der Waals surface area contributed by atoms with Gasteiger partial charge in [-0.1, -0.05) is 12.1 Å². The molecule has 0 spiro atoms. The Labute approximate surface area is 167 Å². The molecule has 2 aromatic rings. The Kier molecular flexibility index (Phi) is 4.99. The van der Waals surface area contributed by atoms with Crippen LogP contribution >= 0.6 is 11.8 Å². The first-order valence-corrected chi connectivity index (χ1v) is 10.3. The van der Waals surface area contributed by atoms with Gasteiger partial charge in [0.25, 0.3) is 11.4 Å². The number of β-amino-alcohol motifs (C(OH)–C–C–N with tert-alkyl or cyclic N) is 1. The maximum atomic E-state index is 11.6. The molecule has 8 heteroatoms. The lowest BCUT2D eigenvalue weighted by molar-refractivity contribution is -0.656. The summed E-state index contributed by atoms with van der Waals surface area (Å²) >= 11 is 1.70. The predicted octanol–water partition coefficient (Wildman–Crippen LogP) is 3.16. The van der Waals surface area contributed by atoms with Gasteiger partial charge in [0.05, 0.1) is 18.1 Å². The number of ether oxygens (including phenoxy) is 1. The van der Waals surface area contributed by atoms with Crippen molar-refractivity contribution < 1.29 is 19.3 Å². The van der Waals surface area contributed by atoms with Crippen molar-refractivity contribution in [1.82, 2.24) is 0 Å². The molecule has 28 heavy (non-hydrogen) atoms. The van der Waals surface area contributed by atoms with Gasteiger partial charge in [-0.25, -0.2) is 9.48 Å². The summed E-state index contributed by atoms with van der Waals surface area (Å²) in [6, 6.07) is 14.1. The van der Waals surface area contributed by atoms with Gasteiger partial charge in [-0.3, -0.25) is 10.1 Å². The molecule has 1 N–H and O–H groups in total. The number of benzene rings is 2. The van der Waals surface area contributed by atoms with Gasteiger partial charge in [-0.05, 0) is 49.4 Å². The van der Waals surface area contributed by atoms with Gasteiger partial charge in [0.15, 0.2) is 6.54 Å². The fourth-order valence-electron chi connectivity index (χ4n) is 3.71. The van der Waals surface area contributed by atoms with Gasteiger partial charge in [0, 0.05) is 23.4 Å². The van der Waals surface area contributed by atoms with Gasteiger partial charge in [0.1, 0.15) is 11.4 Å². The molecular formula is C20H22N3O4S+. The summed E-state index contributed by atoms with van der Waals surface area (Å²) in [6.45, 7) is 3.57. The summed E-state index contributed by atoms with van der Waals surface area (Å²) in [5.74, 6) is 1.78. The first kappa shape index (κ1) is 18.8. The molecule has 0 aromatic heterocycles. The number of non-ortho nitro benzene ring substituents is 1. The lowest BCUT2D eigenvalue weighted by atomic mass is 10.0. The molecule has 0 fully saturated rings. The largest absolute Gasteiger partial charge is 0.494 e. The number of amidine groups is 1. The number of hydrogen-bond acceptors (Lipinski definition) is 6. The second kappa shape index (κ2) is 7.44. The van der Waals surface area contributed by atoms with Crippen molar-refractivity contribution in [3.05, 3.63) is 64.2 Å². The van der Waals surface area contributed by atoms with Gasteiger partial charge < -0.3 is 9.84 Å². The van der Waals surface area contributed by atoms with Crippen molar-refractivity contribution in [3.8, 4) is 5.75 Å². The molecule has 0 saturated heterocycles. The van der Waals surface area contributed by atoms with E-state index >= 15 is 0 Å². The molecule has 2 aliphatic heterocycles. The van der Waals surface area contributed by atoms with E-state index in [4.69, 9.17) is 4.74 Å². The smallest absolute Gasteiger partial charge is 0.316 e. The van der Waals surface area contributed by atoms with Crippen LogP contribution in [0.1, 0.15) is 18.9 Å². The van der Waals surface area contributed by atoms with Crippen molar-refractivity contribution in [2.24, 2.45) is 0 Å². The van der Waals surface area contributed by atoms with Gasteiger partial charge in [0.2, 0.25) is 0 Å². The zero-order valence-electron chi connectivity index (χ0n) is 15.6. The van der Waals surface area contributed by atoms with E-state index in [9.17, 15) is 15.2 Å². The molecule has 0 bridgehead atoms. The number of aliphatic hydroxyl groups is 1. The van der Waals surface area contributed by atoms with Crippen LogP contribution in [0, 0.1) is 10.1 Å². The quantitative estimate of drug-likeness (QED) is 0.472. The number of hydrogen-bond donors (Lipinski definition) is 1. The number of nitro benzene ring substituents is 1. The van der Waals surface area contributed by atoms with E-state index in [0.29, 0.717) is 25.3 Å². The molecule has 0 saturated carbocycles. The average Bonchev–Trinajstić information content (AvgIpc) is 3.03. The monoisotopic (exact) mass is 400 g/mol. The zero-order valence-corrected chi connectivity index (χ0v) is 16.4. The summed E-state index contributed by atoms with van der Waals surface area (Å²) < 4.78 is 7.49. The topological polar surface area (TPSA) is 78.9 Å². The molecule has 1 unspecified atom stereocenters. The van der Waals surface area contributed by atoms with Gasteiger partial charge in [-0.15, -0.1) is 0 Å². The molecular weight excluding hydrogens is 378 g/mol. The average molecular weight is 400 g/mol. The Balaban J connectivity index is 1.73. The maximum Gasteiger partial charge on any atom is 0.316 e. The fourth-order valence-corrected chi connectivity index (χ4v) is 4.89. The first-order valence-electron chi connectivity index (χ1n) is 9.28. The fraction of sp³-hybridized carbons (Fsp3) is 0.350. The maximum absolute atomic E-state index is 11.6. The van der Waals surface area contributed by atoms with Crippen molar-refractivity contribution in [1.29, 1.82) is 0 Å². The van der Waals surface area contributed by atoms with Crippen LogP contribution < -0.4 is 9.64 Å². The minimum Gasteiger partial charge on any atom is -0.494 e. The van der Waals surface area contributed by atoms with Crippen molar-refractivity contribution in [2.75, 3.05) is 30.3 Å². The number of nitro groups is 1. The van der Waals surface area contributed by atoms with Crippen LogP contribution in [0.3, 0.4) is 0 Å². The highest BCUT2D eigenvalue weighted by Gasteiger charge is 2.53. The molecule has 7 nitrogen and oxygen atoms in total. The number of nitrogens with zero attached hydrogens (tertiary/aromatic N) is 3. The van der Waals surface area contributed by atoms with Gasteiger partial charge in [-0.2, -0.15) is 0 Å². The summed E-state index contributed by atoms with van der Waals surface area (Å²) in [7, 11) is 0. The van der Waals surface area contributed by atoms with Crippen LogP contribution in [-0.2, 0) is 5.72 Å². The van der Waals surface area contributed by atoms with Crippen LogP contribution in [0.4, 0.5) is 11.4 Å². The standard InChI is InChI=1S/C20H22N3O4S/c1-2-27-18-9-7-16(8-10-18)21-14-20(24,22-11-4-12-28-19(21)22)15-5-3-6-17(13-15)23(25)26/h3,5-10,13,24H,2,4,11-12,14H2,1H3/q+1. The Hall–Kier alpha value is -2.58. The van der Waals surface area contributed by atoms with E-state index in [1.807, 2.05) is 35.8 Å². The highest BCUT2D eigenvalue weighted by molar-refractivity contribution is 8.13. The predicted molar refractivity (Wildman–Crippen MR) is 109 cm³/mol. The van der Waals surface area contributed by atoms with E-state index < -0.39 is 10.6 Å². The first-order chi connectivity index (χ1) is 13.5. The molecule has 2 aromatic carbocycles. The van der Waals surface area contributed by atoms with E-state index in [2.05, 4.69) is 4.90 Å². The molecule has 2 aliphatic rings. The summed E-state index contributed by atoms with van der Waals surface area (Å²) in [6.07, 6.45) is 0.947. The molecule has 4 rings (SSSR count). The zero-order chi connectivity index (χ0) is 19.7. The highest BCUT2D eigenvalue weighted by atomic mass is 32.2. The molecule has 1 atom stereocenters. The van der Waals surface area contributed by atoms with E-state index in [1.165, 1.54) is 12.1 Å². The summed E-state index contributed by atoms with van der Waals surface area (Å²) in [5.41, 5.74) is 0.166. The van der Waals surface area contributed by atoms with Crippen molar-refractivity contribution in [3.63, 3.8) is 0 Å². The third-order valence-corrected chi connectivity index (χ3v) is 6.21. The minimum absolute atomic E-state index is 0.0170. The number of anilines is 1. The molecule has 146 valence electrons. The van der Waals surface area contributed by atoms with Crippen LogP contribution in [0.15, 0.2) is 48.5 Å². The molecule has 0 amide bonds. The van der Waals surface area contributed by atoms with Crippen LogP contribution in [-0.4, -0.2) is 45.2 Å². The third-order valence-electron chi connectivity index (χ3n) is 5.02. The Morgan fingerprint density at radius 2 is 2.11 bits per heavy atom. The number of thioether (sulfide) groups is 1. The lowest BCUT2D eigenvalue weighted by Crippen LogP contribution is -2.41. The van der Waals surface area contributed by atoms with Crippen LogP contribution in [0.2, 0.25) is 0 Å². The SMILES string of the molecule is CCOc1ccc(N2CC(O)(c3cccc([N+](=O)[O-])c3)[N+]3=C2SCCC3)cc1. The molecule has 0 radical (unpaired) electrons. The second-order valence-corrected chi connectivity index (χ2v) is 7.84. The minimum atomic E-state index is -1.31. The second-order valence-electron chi connectivity index (χ2n) is 6.77. The number of rotatable bonds is 5. The van der Waals surface area contributed by atoms with Gasteiger partial charge >= 0.3 is 5.17 Å².